The lowest BCUT2D eigenvalue weighted by Gasteiger charge is -2.22. The van der Waals surface area contributed by atoms with Gasteiger partial charge in [0.05, 0.1) is 7.11 Å². The van der Waals surface area contributed by atoms with Crippen LogP contribution in [0.5, 0.6) is 5.75 Å². The van der Waals surface area contributed by atoms with Crippen molar-refractivity contribution in [2.75, 3.05) is 7.11 Å². The van der Waals surface area contributed by atoms with Crippen LogP contribution in [0.15, 0.2) is 73.1 Å². The Bertz CT molecular complexity index is 1000. The topological polar surface area (TPSA) is 41.1 Å². The van der Waals surface area contributed by atoms with Crippen LogP contribution in [0, 0.1) is 6.92 Å². The minimum absolute atomic E-state index is 0.847. The first kappa shape index (κ1) is 18.3. The van der Waals surface area contributed by atoms with Crippen molar-refractivity contribution < 1.29 is 4.74 Å². The highest BCUT2D eigenvalue weighted by atomic mass is 16.5. The molecule has 2 aromatic heterocycles. The molecular formula is C24H25N3O. The molecule has 0 radical (unpaired) electrons. The zero-order valence-electron chi connectivity index (χ0n) is 16.4. The van der Waals surface area contributed by atoms with Gasteiger partial charge in [-0.25, -0.2) is 0 Å². The number of ether oxygens (including phenoxy) is 1. The second kappa shape index (κ2) is 8.28. The number of methoxy groups -OCH3 is 1. The van der Waals surface area contributed by atoms with Gasteiger partial charge in [0.15, 0.2) is 0 Å². The van der Waals surface area contributed by atoms with E-state index < -0.39 is 0 Å². The fraction of sp³-hybridized carbons (Fsp3) is 0.208. The van der Waals surface area contributed by atoms with Crippen LogP contribution in [-0.4, -0.2) is 22.0 Å². The molecule has 4 heteroatoms. The Hall–Kier alpha value is -3.11. The Balaban J connectivity index is 1.63. The van der Waals surface area contributed by atoms with Gasteiger partial charge in [-0.3, -0.25) is 9.88 Å². The highest BCUT2D eigenvalue weighted by Gasteiger charge is 2.14. The number of H-pyrrole nitrogens is 1. The van der Waals surface area contributed by atoms with Gasteiger partial charge in [-0.2, -0.15) is 0 Å². The summed E-state index contributed by atoms with van der Waals surface area (Å²) >= 11 is 0. The van der Waals surface area contributed by atoms with Crippen LogP contribution in [0.4, 0.5) is 0 Å². The maximum absolute atomic E-state index is 5.40. The summed E-state index contributed by atoms with van der Waals surface area (Å²) < 4.78 is 5.40. The zero-order chi connectivity index (χ0) is 19.3. The number of aromatic nitrogens is 2. The van der Waals surface area contributed by atoms with Crippen LogP contribution < -0.4 is 4.74 Å². The van der Waals surface area contributed by atoms with E-state index in [1.807, 2.05) is 18.5 Å². The predicted molar refractivity (Wildman–Crippen MR) is 113 cm³/mol. The van der Waals surface area contributed by atoms with Gasteiger partial charge in [0.25, 0.3) is 0 Å². The minimum atomic E-state index is 0.847. The SMILES string of the molecule is COc1ccc2[nH]c(CN(Cc3ccccc3)Cc3ccncc3)c(C)c2c1. The van der Waals surface area contributed by atoms with Crippen molar-refractivity contribution in [3.05, 3.63) is 95.4 Å². The third-order valence-electron chi connectivity index (χ3n) is 5.16. The van der Waals surface area contributed by atoms with Crippen molar-refractivity contribution in [3.63, 3.8) is 0 Å². The first-order valence-electron chi connectivity index (χ1n) is 9.53. The smallest absolute Gasteiger partial charge is 0.119 e. The van der Waals surface area contributed by atoms with Gasteiger partial charge in [0.1, 0.15) is 5.75 Å². The van der Waals surface area contributed by atoms with Crippen molar-refractivity contribution in [3.8, 4) is 5.75 Å². The highest BCUT2D eigenvalue weighted by molar-refractivity contribution is 5.85. The molecule has 0 saturated carbocycles. The molecule has 1 N–H and O–H groups in total. The molecule has 142 valence electrons. The van der Waals surface area contributed by atoms with E-state index in [1.165, 1.54) is 27.8 Å². The van der Waals surface area contributed by atoms with Crippen LogP contribution in [0.3, 0.4) is 0 Å². The molecule has 0 aliphatic carbocycles. The zero-order valence-corrected chi connectivity index (χ0v) is 16.4. The summed E-state index contributed by atoms with van der Waals surface area (Å²) in [6.07, 6.45) is 3.72. The predicted octanol–water partition coefficient (Wildman–Crippen LogP) is 5.08. The van der Waals surface area contributed by atoms with Gasteiger partial charge in [0.2, 0.25) is 0 Å². The maximum atomic E-state index is 5.40. The standard InChI is InChI=1S/C24H25N3O/c1-18-22-14-21(28-2)8-9-23(22)26-24(18)17-27(15-19-6-4-3-5-7-19)16-20-10-12-25-13-11-20/h3-14,26H,15-17H2,1-2H3. The number of hydrogen-bond acceptors (Lipinski definition) is 3. The Labute approximate surface area is 165 Å². The lowest BCUT2D eigenvalue weighted by atomic mass is 10.1. The van der Waals surface area contributed by atoms with E-state index in [1.54, 1.807) is 7.11 Å². The average molecular weight is 371 g/mol. The van der Waals surface area contributed by atoms with Crippen molar-refractivity contribution in [1.29, 1.82) is 0 Å². The summed E-state index contributed by atoms with van der Waals surface area (Å²) in [6.45, 7) is 4.79. The summed E-state index contributed by atoms with van der Waals surface area (Å²) in [7, 11) is 1.71. The number of aromatic amines is 1. The molecule has 0 unspecified atom stereocenters. The lowest BCUT2D eigenvalue weighted by molar-refractivity contribution is 0.245. The summed E-state index contributed by atoms with van der Waals surface area (Å²) in [5.41, 5.74) is 6.25. The number of nitrogens with zero attached hydrogens (tertiary/aromatic N) is 2. The molecule has 0 amide bonds. The lowest BCUT2D eigenvalue weighted by Crippen LogP contribution is -2.23. The van der Waals surface area contributed by atoms with E-state index in [0.29, 0.717) is 0 Å². The van der Waals surface area contributed by atoms with Crippen molar-refractivity contribution in [2.24, 2.45) is 0 Å². The first-order valence-corrected chi connectivity index (χ1v) is 9.53. The molecule has 0 atom stereocenters. The van der Waals surface area contributed by atoms with E-state index in [-0.39, 0.29) is 0 Å². The maximum Gasteiger partial charge on any atom is 0.119 e. The Kier molecular flexibility index (Phi) is 5.40. The minimum Gasteiger partial charge on any atom is -0.497 e. The molecule has 0 bridgehead atoms. The molecule has 0 fully saturated rings. The largest absolute Gasteiger partial charge is 0.497 e. The van der Waals surface area contributed by atoms with Crippen LogP contribution in [0.1, 0.15) is 22.4 Å². The van der Waals surface area contributed by atoms with Gasteiger partial charge in [-0.1, -0.05) is 30.3 Å². The molecule has 4 nitrogen and oxygen atoms in total. The summed E-state index contributed by atoms with van der Waals surface area (Å²) in [4.78, 5) is 10.2. The van der Waals surface area contributed by atoms with Crippen LogP contribution >= 0.6 is 0 Å². The number of aryl methyl sites for hydroxylation is 1. The fourth-order valence-electron chi connectivity index (χ4n) is 3.63. The van der Waals surface area contributed by atoms with Crippen LogP contribution in [-0.2, 0) is 19.6 Å². The number of rotatable bonds is 7. The number of nitrogens with one attached hydrogen (secondary N) is 1. The van der Waals surface area contributed by atoms with Gasteiger partial charge in [0, 0.05) is 48.6 Å². The molecule has 0 saturated heterocycles. The molecule has 28 heavy (non-hydrogen) atoms. The van der Waals surface area contributed by atoms with Crippen molar-refractivity contribution in [2.45, 2.75) is 26.6 Å². The number of pyridine rings is 1. The molecule has 0 aliphatic heterocycles. The second-order valence-electron chi connectivity index (χ2n) is 7.13. The fourth-order valence-corrected chi connectivity index (χ4v) is 3.63. The van der Waals surface area contributed by atoms with Gasteiger partial charge >= 0.3 is 0 Å². The molecule has 2 aromatic carbocycles. The molecule has 0 aliphatic rings. The number of fused-ring (bicyclic) bond motifs is 1. The summed E-state index contributed by atoms with van der Waals surface area (Å²) in [5.74, 6) is 0.888. The van der Waals surface area contributed by atoms with Crippen LogP contribution in [0.2, 0.25) is 0 Å². The number of hydrogen-bond donors (Lipinski definition) is 1. The van der Waals surface area contributed by atoms with E-state index in [2.05, 4.69) is 76.4 Å². The highest BCUT2D eigenvalue weighted by Crippen LogP contribution is 2.27. The van der Waals surface area contributed by atoms with E-state index in [0.717, 1.165) is 30.9 Å². The van der Waals surface area contributed by atoms with E-state index >= 15 is 0 Å². The van der Waals surface area contributed by atoms with Gasteiger partial charge in [-0.05, 0) is 53.9 Å². The van der Waals surface area contributed by atoms with Crippen LogP contribution in [0.25, 0.3) is 10.9 Å². The Morgan fingerprint density at radius 3 is 2.32 bits per heavy atom. The monoisotopic (exact) mass is 371 g/mol. The second-order valence-corrected chi connectivity index (χ2v) is 7.13. The average Bonchev–Trinajstić information content (AvgIpc) is 3.04. The third-order valence-corrected chi connectivity index (χ3v) is 5.16. The van der Waals surface area contributed by atoms with Gasteiger partial charge < -0.3 is 9.72 Å². The molecule has 4 rings (SSSR count). The van der Waals surface area contributed by atoms with Gasteiger partial charge in [-0.15, -0.1) is 0 Å². The van der Waals surface area contributed by atoms with Crippen molar-refractivity contribution in [1.82, 2.24) is 14.9 Å². The molecule has 4 aromatic rings. The summed E-state index contributed by atoms with van der Waals surface area (Å²) in [5, 5.41) is 1.22. The van der Waals surface area contributed by atoms with E-state index in [9.17, 15) is 0 Å². The first-order chi connectivity index (χ1) is 13.7. The molecule has 2 heterocycles. The molecule has 0 spiro atoms. The van der Waals surface area contributed by atoms with E-state index in [4.69, 9.17) is 4.74 Å². The Morgan fingerprint density at radius 2 is 1.61 bits per heavy atom. The third kappa shape index (κ3) is 4.07. The summed E-state index contributed by atoms with van der Waals surface area (Å²) in [6, 6.07) is 21.0. The Morgan fingerprint density at radius 1 is 0.893 bits per heavy atom. The molecular weight excluding hydrogens is 346 g/mol. The number of benzene rings is 2. The quantitative estimate of drug-likeness (QED) is 0.492. The normalized spacial score (nSPS) is 11.2. The van der Waals surface area contributed by atoms with Crippen molar-refractivity contribution >= 4 is 10.9 Å².